The van der Waals surface area contributed by atoms with Gasteiger partial charge in [-0.1, -0.05) is 78.9 Å². The van der Waals surface area contributed by atoms with Crippen molar-refractivity contribution in [1.82, 2.24) is 0 Å². The fourth-order valence-corrected chi connectivity index (χ4v) is 9.49. The molecule has 2 unspecified atom stereocenters. The van der Waals surface area contributed by atoms with Crippen molar-refractivity contribution < 1.29 is 13.6 Å². The number of benzene rings is 4. The Morgan fingerprint density at radius 2 is 1.23 bits per heavy atom. The number of hydrogen-bond donors (Lipinski definition) is 0. The van der Waals surface area contributed by atoms with Gasteiger partial charge in [0.15, 0.2) is 0 Å². The highest BCUT2D eigenvalue weighted by molar-refractivity contribution is 7.69. The monoisotopic (exact) mass is 442 g/mol. The molecule has 0 N–H and O–H groups in total. The van der Waals surface area contributed by atoms with Gasteiger partial charge in [0.2, 0.25) is 0 Å². The molecule has 0 amide bonds. The van der Waals surface area contributed by atoms with Crippen molar-refractivity contribution in [2.45, 2.75) is 0 Å². The van der Waals surface area contributed by atoms with Gasteiger partial charge in [-0.15, -0.1) is 0 Å². The molecule has 5 heteroatoms. The molecule has 0 bridgehead atoms. The van der Waals surface area contributed by atoms with E-state index in [1.54, 1.807) is 0 Å². The smallest absolute Gasteiger partial charge is 0.278 e. The van der Waals surface area contributed by atoms with Crippen LogP contribution in [-0.2, 0) is 4.57 Å². The van der Waals surface area contributed by atoms with Crippen LogP contribution in [0, 0.1) is 0 Å². The zero-order chi connectivity index (χ0) is 20.8. The molecule has 0 aliphatic carbocycles. The van der Waals surface area contributed by atoms with Crippen LogP contribution in [0.2, 0.25) is 0 Å². The van der Waals surface area contributed by atoms with Crippen molar-refractivity contribution in [2.75, 3.05) is 12.3 Å². The lowest BCUT2D eigenvalue weighted by Gasteiger charge is -2.31. The normalized spacial score (nSPS) is 20.3. The standard InChI is InChI=1S/C26H20O3P2/c27-31(26-16-8-4-12-22(26)20-10-2-6-14-24(20)29-31)18-17-30-25-15-7-3-11-21(25)19-9-1-5-13-23(19)28-30/h1-16H,17-18H2. The summed E-state index contributed by atoms with van der Waals surface area (Å²) in [5, 5.41) is 2.02. The molecule has 2 aliphatic rings. The van der Waals surface area contributed by atoms with Gasteiger partial charge >= 0.3 is 0 Å². The van der Waals surface area contributed by atoms with Gasteiger partial charge in [-0.2, -0.15) is 0 Å². The molecule has 0 spiro atoms. The Balaban J connectivity index is 1.35. The van der Waals surface area contributed by atoms with Crippen LogP contribution in [0.5, 0.6) is 11.5 Å². The zero-order valence-corrected chi connectivity index (χ0v) is 18.6. The zero-order valence-electron chi connectivity index (χ0n) is 16.8. The number of fused-ring (bicyclic) bond motifs is 6. The molecule has 3 nitrogen and oxygen atoms in total. The predicted molar refractivity (Wildman–Crippen MR) is 129 cm³/mol. The van der Waals surface area contributed by atoms with E-state index < -0.39 is 15.5 Å². The first-order valence-electron chi connectivity index (χ1n) is 10.3. The molecule has 152 valence electrons. The third-order valence-electron chi connectivity index (χ3n) is 5.85. The van der Waals surface area contributed by atoms with Crippen LogP contribution in [0.3, 0.4) is 0 Å². The van der Waals surface area contributed by atoms with E-state index in [4.69, 9.17) is 9.05 Å². The van der Waals surface area contributed by atoms with Gasteiger partial charge in [-0.05, 0) is 29.3 Å². The third-order valence-corrected chi connectivity index (χ3v) is 10.6. The highest BCUT2D eigenvalue weighted by atomic mass is 31.2. The minimum Gasteiger partial charge on any atom is -0.469 e. The van der Waals surface area contributed by atoms with E-state index in [0.717, 1.165) is 27.7 Å². The maximum atomic E-state index is 14.2. The SMILES string of the molecule is O=P1(CCP2Oc3ccccc3-c3ccccc32)Oc2ccccc2-c2ccccc21. The van der Waals surface area contributed by atoms with Crippen LogP contribution in [-0.4, -0.2) is 12.3 Å². The average molecular weight is 442 g/mol. The summed E-state index contributed by atoms with van der Waals surface area (Å²) in [5.74, 6) is 1.61. The second kappa shape index (κ2) is 7.38. The van der Waals surface area contributed by atoms with Crippen LogP contribution in [0.15, 0.2) is 97.1 Å². The summed E-state index contributed by atoms with van der Waals surface area (Å²) >= 11 is 0. The Labute approximate surface area is 183 Å². The number of hydrogen-bond acceptors (Lipinski definition) is 3. The van der Waals surface area contributed by atoms with Crippen LogP contribution < -0.4 is 19.7 Å². The molecule has 2 heterocycles. The van der Waals surface area contributed by atoms with E-state index in [1.165, 1.54) is 10.9 Å². The average Bonchev–Trinajstić information content (AvgIpc) is 2.83. The van der Waals surface area contributed by atoms with Crippen molar-refractivity contribution >= 4 is 26.1 Å². The van der Waals surface area contributed by atoms with Gasteiger partial charge in [0.25, 0.3) is 7.37 Å². The van der Waals surface area contributed by atoms with Crippen LogP contribution in [0.4, 0.5) is 0 Å². The molecule has 31 heavy (non-hydrogen) atoms. The highest BCUT2D eigenvalue weighted by Crippen LogP contribution is 2.57. The summed E-state index contributed by atoms with van der Waals surface area (Å²) in [4.78, 5) is 0. The summed E-state index contributed by atoms with van der Waals surface area (Å²) in [6.45, 7) is 0. The minimum atomic E-state index is -3.06. The molecule has 4 aromatic carbocycles. The topological polar surface area (TPSA) is 35.5 Å². The Hall–Kier alpha value is -2.86. The van der Waals surface area contributed by atoms with Crippen molar-refractivity contribution in [3.8, 4) is 33.8 Å². The second-order valence-corrected chi connectivity index (χ2v) is 12.0. The Kier molecular flexibility index (Phi) is 4.49. The van der Waals surface area contributed by atoms with E-state index in [1.807, 2.05) is 66.7 Å². The summed E-state index contributed by atoms with van der Waals surface area (Å²) in [5.41, 5.74) is 4.35. The van der Waals surface area contributed by atoms with Crippen LogP contribution in [0.1, 0.15) is 0 Å². The molecule has 4 aromatic rings. The molecule has 0 aromatic heterocycles. The Morgan fingerprint density at radius 1 is 0.645 bits per heavy atom. The largest absolute Gasteiger partial charge is 0.469 e. The third kappa shape index (κ3) is 3.12. The summed E-state index contributed by atoms with van der Waals surface area (Å²) < 4.78 is 26.8. The van der Waals surface area contributed by atoms with Crippen molar-refractivity contribution in [1.29, 1.82) is 0 Å². The fraction of sp³-hybridized carbons (Fsp3) is 0.0769. The van der Waals surface area contributed by atoms with Gasteiger partial charge in [0.1, 0.15) is 19.6 Å². The van der Waals surface area contributed by atoms with E-state index in [0.29, 0.717) is 18.1 Å². The number of rotatable bonds is 3. The molecule has 0 saturated heterocycles. The van der Waals surface area contributed by atoms with E-state index >= 15 is 0 Å². The Bertz CT molecular complexity index is 1350. The lowest BCUT2D eigenvalue weighted by molar-refractivity contribution is 0.492. The van der Waals surface area contributed by atoms with Gasteiger partial charge < -0.3 is 9.05 Å². The van der Waals surface area contributed by atoms with E-state index in [9.17, 15) is 4.57 Å². The molecule has 0 radical (unpaired) electrons. The summed E-state index contributed by atoms with van der Waals surface area (Å²) in [7, 11) is -4.00. The molecule has 2 aliphatic heterocycles. The van der Waals surface area contributed by atoms with Crippen molar-refractivity contribution in [3.63, 3.8) is 0 Å². The van der Waals surface area contributed by atoms with Crippen LogP contribution in [0.25, 0.3) is 22.3 Å². The van der Waals surface area contributed by atoms with Gasteiger partial charge in [0.05, 0.1) is 5.30 Å². The van der Waals surface area contributed by atoms with Crippen molar-refractivity contribution in [3.05, 3.63) is 97.1 Å². The van der Waals surface area contributed by atoms with E-state index in [-0.39, 0.29) is 0 Å². The predicted octanol–water partition coefficient (Wildman–Crippen LogP) is 6.43. The lowest BCUT2D eigenvalue weighted by Crippen LogP contribution is -2.23. The first-order valence-corrected chi connectivity index (χ1v) is 13.6. The quantitative estimate of drug-likeness (QED) is 0.343. The Morgan fingerprint density at radius 3 is 2.03 bits per heavy atom. The first-order chi connectivity index (χ1) is 15.2. The molecular weight excluding hydrogens is 422 g/mol. The van der Waals surface area contributed by atoms with Gasteiger partial charge in [0, 0.05) is 28.8 Å². The minimum absolute atomic E-state index is 0.445. The molecule has 0 fully saturated rings. The van der Waals surface area contributed by atoms with Gasteiger partial charge in [-0.25, -0.2) is 0 Å². The van der Waals surface area contributed by atoms with Crippen LogP contribution >= 0.6 is 15.5 Å². The highest BCUT2D eigenvalue weighted by Gasteiger charge is 2.37. The summed E-state index contributed by atoms with van der Waals surface area (Å²) in [6.07, 6.45) is 1.12. The lowest BCUT2D eigenvalue weighted by atomic mass is 10.0. The maximum Gasteiger partial charge on any atom is 0.278 e. The molecule has 0 saturated carbocycles. The molecule has 6 rings (SSSR count). The first kappa shape index (κ1) is 18.9. The van der Waals surface area contributed by atoms with Gasteiger partial charge in [-0.3, -0.25) is 4.57 Å². The molecule has 2 atom stereocenters. The number of para-hydroxylation sites is 2. The van der Waals surface area contributed by atoms with E-state index in [2.05, 4.69) is 30.3 Å². The summed E-state index contributed by atoms with van der Waals surface area (Å²) in [6, 6.07) is 32.3. The molecular formula is C26H20O3P2. The van der Waals surface area contributed by atoms with Crippen molar-refractivity contribution in [2.24, 2.45) is 0 Å². The fourth-order valence-electron chi connectivity index (χ4n) is 4.39. The maximum absolute atomic E-state index is 14.2. The second-order valence-electron chi connectivity index (χ2n) is 7.71.